The third-order valence-corrected chi connectivity index (χ3v) is 15.4. The fraction of sp³-hybridized carbons (Fsp3) is 0.0476. The number of benzene rings is 6. The van der Waals surface area contributed by atoms with Crippen LogP contribution in [0.2, 0.25) is 0 Å². The second kappa shape index (κ2) is 11.8. The largest absolute Gasteiger partial charge is 0.290 e. The van der Waals surface area contributed by atoms with Crippen LogP contribution < -0.4 is 21.2 Å². The van der Waals surface area contributed by atoms with Crippen LogP contribution in [0.25, 0.3) is 33.2 Å². The second-order valence-corrected chi connectivity index (χ2v) is 17.3. The summed E-state index contributed by atoms with van der Waals surface area (Å²) in [6.07, 6.45) is 0. The molecule has 0 atom stereocenters. The summed E-state index contributed by atoms with van der Waals surface area (Å²) in [5.74, 6) is 0. The first kappa shape index (κ1) is 30.2. The van der Waals surface area contributed by atoms with Gasteiger partial charge >= 0.3 is 0 Å². The van der Waals surface area contributed by atoms with Crippen LogP contribution in [0, 0.1) is 13.8 Å². The molecular formula is C42H34N2O2P2. The van der Waals surface area contributed by atoms with Gasteiger partial charge in [0.1, 0.15) is 0 Å². The lowest BCUT2D eigenvalue weighted by Crippen LogP contribution is -2.24. The molecule has 0 aliphatic carbocycles. The number of aryl methyl sites for hydroxylation is 2. The maximum absolute atomic E-state index is 16.4. The summed E-state index contributed by atoms with van der Waals surface area (Å²) >= 11 is 0. The molecule has 234 valence electrons. The van der Waals surface area contributed by atoms with E-state index in [1.165, 1.54) is 0 Å². The maximum atomic E-state index is 16.4. The number of nitrogens with zero attached hydrogens (tertiary/aromatic N) is 2. The van der Waals surface area contributed by atoms with Gasteiger partial charge in [-0.25, -0.2) is 0 Å². The molecule has 8 rings (SSSR count). The molecule has 4 nitrogen and oxygen atoms in total. The van der Waals surface area contributed by atoms with Crippen molar-refractivity contribution in [2.24, 2.45) is 0 Å². The van der Waals surface area contributed by atoms with Crippen LogP contribution in [0.4, 0.5) is 0 Å². The molecule has 0 saturated heterocycles. The van der Waals surface area contributed by atoms with Crippen molar-refractivity contribution in [3.05, 3.63) is 181 Å². The van der Waals surface area contributed by atoms with Crippen LogP contribution in [-0.2, 0) is 9.13 Å². The Morgan fingerprint density at radius 2 is 0.604 bits per heavy atom. The van der Waals surface area contributed by atoms with Gasteiger partial charge in [-0.05, 0) is 85.6 Å². The van der Waals surface area contributed by atoms with Gasteiger partial charge in [0.05, 0.1) is 22.4 Å². The van der Waals surface area contributed by atoms with Gasteiger partial charge in [-0.3, -0.25) is 17.8 Å². The minimum absolute atomic E-state index is 0.729. The van der Waals surface area contributed by atoms with Crippen LogP contribution in [0.5, 0.6) is 0 Å². The maximum Gasteiger partial charge on any atom is 0.234 e. The molecule has 6 heteroatoms. The highest BCUT2D eigenvalue weighted by Crippen LogP contribution is 2.57. The van der Waals surface area contributed by atoms with Crippen molar-refractivity contribution in [3.8, 4) is 11.4 Å². The molecule has 2 heterocycles. The lowest BCUT2D eigenvalue weighted by molar-refractivity contribution is 0.581. The normalized spacial score (nSPS) is 12.1. The van der Waals surface area contributed by atoms with E-state index in [0.29, 0.717) is 0 Å². The van der Waals surface area contributed by atoms with Crippen molar-refractivity contribution in [1.82, 2.24) is 8.68 Å². The number of rotatable bonds is 7. The van der Waals surface area contributed by atoms with Gasteiger partial charge in [0.15, 0.2) is 0 Å². The van der Waals surface area contributed by atoms with E-state index in [-0.39, 0.29) is 0 Å². The Balaban J connectivity index is 1.60. The number of hydrogen-bond acceptors (Lipinski definition) is 2. The van der Waals surface area contributed by atoms with Crippen LogP contribution >= 0.6 is 14.6 Å². The third kappa shape index (κ3) is 4.44. The van der Waals surface area contributed by atoms with Crippen molar-refractivity contribution in [3.63, 3.8) is 0 Å². The van der Waals surface area contributed by atoms with E-state index >= 15 is 9.13 Å². The van der Waals surface area contributed by atoms with Gasteiger partial charge in [-0.2, -0.15) is 0 Å². The number of para-hydroxylation sites is 2. The highest BCUT2D eigenvalue weighted by molar-refractivity contribution is 7.78. The van der Waals surface area contributed by atoms with Gasteiger partial charge in [0.25, 0.3) is 0 Å². The molecule has 0 amide bonds. The van der Waals surface area contributed by atoms with Gasteiger partial charge in [-0.1, -0.05) is 109 Å². The van der Waals surface area contributed by atoms with Crippen LogP contribution in [0.15, 0.2) is 170 Å². The molecule has 0 N–H and O–H groups in total. The zero-order valence-electron chi connectivity index (χ0n) is 26.8. The topological polar surface area (TPSA) is 44.0 Å². The molecule has 0 bridgehead atoms. The Morgan fingerprint density at radius 3 is 0.896 bits per heavy atom. The molecule has 0 fully saturated rings. The number of aromatic nitrogens is 2. The SMILES string of the molecule is Cc1c(-c2c(C)c3ccccc3n2P(=O)(c2ccccc2)c2ccccc2)n(P(=O)(c2ccccc2)c2ccccc2)c2ccccc12. The van der Waals surface area contributed by atoms with E-state index in [1.54, 1.807) is 0 Å². The monoisotopic (exact) mass is 660 g/mol. The number of hydrogen-bond donors (Lipinski definition) is 0. The smallest absolute Gasteiger partial charge is 0.234 e. The predicted molar refractivity (Wildman–Crippen MR) is 203 cm³/mol. The summed E-state index contributed by atoms with van der Waals surface area (Å²) in [6.45, 7) is 4.21. The van der Waals surface area contributed by atoms with Gasteiger partial charge in [-0.15, -0.1) is 0 Å². The number of fused-ring (bicyclic) bond motifs is 2. The molecule has 0 aliphatic rings. The van der Waals surface area contributed by atoms with E-state index in [9.17, 15) is 0 Å². The van der Waals surface area contributed by atoms with Crippen molar-refractivity contribution in [2.45, 2.75) is 13.8 Å². The molecule has 0 spiro atoms. The molecule has 0 saturated carbocycles. The average molecular weight is 661 g/mol. The summed E-state index contributed by atoms with van der Waals surface area (Å²) in [4.78, 5) is 0. The highest BCUT2D eigenvalue weighted by Gasteiger charge is 2.40. The predicted octanol–water partition coefficient (Wildman–Crippen LogP) is 9.43. The Bertz CT molecular complexity index is 2250. The van der Waals surface area contributed by atoms with Crippen molar-refractivity contribution < 1.29 is 9.13 Å². The Hall–Kier alpha value is -5.14. The second-order valence-electron chi connectivity index (χ2n) is 12.1. The summed E-state index contributed by atoms with van der Waals surface area (Å²) in [5.41, 5.74) is 5.30. The van der Waals surface area contributed by atoms with E-state index in [4.69, 9.17) is 0 Å². The van der Waals surface area contributed by atoms with Gasteiger partial charge in [0, 0.05) is 32.0 Å². The summed E-state index contributed by atoms with van der Waals surface area (Å²) in [7, 11) is -7.14. The Morgan fingerprint density at radius 1 is 0.354 bits per heavy atom. The zero-order valence-corrected chi connectivity index (χ0v) is 28.6. The standard InChI is InChI=1S/C42H34N2O2P2/c1-31-37-27-15-17-29-39(37)43(47(45,33-19-7-3-8-20-33)34-21-9-4-10-22-34)41(31)42-32(2)38-28-16-18-30-40(38)44(42)48(46,35-23-11-5-12-24-35)36-25-13-6-14-26-36/h3-30H,1-2H3. The Labute approximate surface area is 280 Å². The first-order valence-corrected chi connectivity index (χ1v) is 19.4. The van der Waals surface area contributed by atoms with Gasteiger partial charge < -0.3 is 0 Å². The lowest BCUT2D eigenvalue weighted by atomic mass is 10.1. The lowest BCUT2D eigenvalue weighted by Gasteiger charge is -2.28. The fourth-order valence-corrected chi connectivity index (χ4v) is 13.0. The summed E-state index contributed by atoms with van der Waals surface area (Å²) < 4.78 is 36.8. The minimum atomic E-state index is -3.57. The molecule has 0 unspecified atom stereocenters. The fourth-order valence-electron chi connectivity index (χ4n) is 7.19. The van der Waals surface area contributed by atoms with Gasteiger partial charge in [0.2, 0.25) is 14.6 Å². The molecule has 48 heavy (non-hydrogen) atoms. The molecule has 2 aromatic heterocycles. The van der Waals surface area contributed by atoms with Crippen molar-refractivity contribution in [1.29, 1.82) is 0 Å². The third-order valence-electron chi connectivity index (χ3n) is 9.42. The van der Waals surface area contributed by atoms with Crippen LogP contribution in [0.1, 0.15) is 11.1 Å². The molecule has 8 aromatic rings. The molecule has 0 radical (unpaired) electrons. The zero-order chi connectivity index (χ0) is 32.9. The molecular weight excluding hydrogens is 626 g/mol. The van der Waals surface area contributed by atoms with E-state index < -0.39 is 14.6 Å². The van der Waals surface area contributed by atoms with E-state index in [1.807, 2.05) is 146 Å². The van der Waals surface area contributed by atoms with Crippen LogP contribution in [0.3, 0.4) is 0 Å². The highest BCUT2D eigenvalue weighted by atomic mass is 31.2. The Kier molecular flexibility index (Phi) is 7.45. The van der Waals surface area contributed by atoms with Crippen molar-refractivity contribution in [2.75, 3.05) is 0 Å². The summed E-state index contributed by atoms with van der Waals surface area (Å²) in [6, 6.07) is 55.5. The first-order chi connectivity index (χ1) is 23.5. The molecule has 0 aliphatic heterocycles. The molecule has 6 aromatic carbocycles. The van der Waals surface area contributed by atoms with Crippen molar-refractivity contribution >= 4 is 57.6 Å². The van der Waals surface area contributed by atoms with E-state index in [0.717, 1.165) is 65.5 Å². The first-order valence-electron chi connectivity index (χ1n) is 16.1. The minimum Gasteiger partial charge on any atom is -0.290 e. The quantitative estimate of drug-likeness (QED) is 0.160. The summed E-state index contributed by atoms with van der Waals surface area (Å²) in [5, 5.41) is 4.93. The average Bonchev–Trinajstić information content (AvgIpc) is 3.62. The van der Waals surface area contributed by atoms with Crippen LogP contribution in [-0.4, -0.2) is 8.68 Å². The van der Waals surface area contributed by atoms with E-state index in [2.05, 4.69) is 46.8 Å².